The fraction of sp³-hybridized carbons (Fsp3) is 1.00. The molecule has 50 valence electrons. The van der Waals surface area contributed by atoms with E-state index in [1.54, 1.807) is 0 Å². The summed E-state index contributed by atoms with van der Waals surface area (Å²) in [7, 11) is 0. The van der Waals surface area contributed by atoms with Gasteiger partial charge in [-0.2, -0.15) is 0 Å². The van der Waals surface area contributed by atoms with Gasteiger partial charge in [0, 0.05) is 6.04 Å². The zero-order valence-electron chi connectivity index (χ0n) is 4.71. The topological polar surface area (TPSA) is 46.2 Å². The van der Waals surface area contributed by atoms with Gasteiger partial charge in [-0.15, -0.1) is 12.4 Å². The fourth-order valence-electron chi connectivity index (χ4n) is 0.969. The molecule has 0 aromatic carbocycles. The summed E-state index contributed by atoms with van der Waals surface area (Å²) in [6.45, 7) is 0. The number of aliphatic hydroxyl groups excluding tert-OH is 1. The van der Waals surface area contributed by atoms with Gasteiger partial charge in [0.25, 0.3) is 0 Å². The van der Waals surface area contributed by atoms with E-state index >= 15 is 0 Å². The Labute approximate surface area is 55.5 Å². The van der Waals surface area contributed by atoms with Crippen LogP contribution in [0.15, 0.2) is 0 Å². The van der Waals surface area contributed by atoms with Crippen LogP contribution in [0.3, 0.4) is 0 Å². The smallest absolute Gasteiger partial charge is 0.0691 e. The number of rotatable bonds is 0. The summed E-state index contributed by atoms with van der Waals surface area (Å²) in [6, 6.07) is 0.0694. The molecule has 0 bridgehead atoms. The number of hydrogen-bond donors (Lipinski definition) is 2. The van der Waals surface area contributed by atoms with Crippen LogP contribution in [-0.4, -0.2) is 17.3 Å². The Morgan fingerprint density at radius 1 is 1.38 bits per heavy atom. The molecule has 0 spiro atoms. The Morgan fingerprint density at radius 2 is 2.00 bits per heavy atom. The van der Waals surface area contributed by atoms with E-state index in [4.69, 9.17) is 10.8 Å². The zero-order chi connectivity index (χ0) is 5.28. The molecule has 0 aliphatic heterocycles. The molecule has 1 saturated carbocycles. The van der Waals surface area contributed by atoms with Crippen molar-refractivity contribution in [2.45, 2.75) is 31.4 Å². The summed E-state index contributed by atoms with van der Waals surface area (Å²) in [5.74, 6) is 0. The molecular formula is C5H12ClNO. The number of halogens is 1. The number of hydrogen-bond acceptors (Lipinski definition) is 2. The number of aliphatic hydroxyl groups is 1. The van der Waals surface area contributed by atoms with Crippen molar-refractivity contribution >= 4 is 12.4 Å². The second kappa shape index (κ2) is 3.28. The number of nitrogens with two attached hydrogens (primary N) is 1. The molecule has 1 aliphatic carbocycles. The van der Waals surface area contributed by atoms with E-state index in [-0.39, 0.29) is 24.6 Å². The Balaban J connectivity index is 0.000000490. The SMILES string of the molecule is Cl.N[C@H]1CCC[C@H]1O. The van der Waals surface area contributed by atoms with Gasteiger partial charge in [0.15, 0.2) is 0 Å². The van der Waals surface area contributed by atoms with Gasteiger partial charge in [-0.05, 0) is 19.3 Å². The van der Waals surface area contributed by atoms with Gasteiger partial charge in [0.05, 0.1) is 6.10 Å². The molecule has 0 heterocycles. The molecule has 1 rings (SSSR count). The average Bonchev–Trinajstić information content (AvgIpc) is 1.91. The predicted molar refractivity (Wildman–Crippen MR) is 35.1 cm³/mol. The van der Waals surface area contributed by atoms with Crippen molar-refractivity contribution in [2.24, 2.45) is 5.73 Å². The highest BCUT2D eigenvalue weighted by molar-refractivity contribution is 5.85. The van der Waals surface area contributed by atoms with Crippen molar-refractivity contribution in [3.63, 3.8) is 0 Å². The molecule has 3 heteroatoms. The van der Waals surface area contributed by atoms with E-state index in [9.17, 15) is 0 Å². The van der Waals surface area contributed by atoms with E-state index in [0.717, 1.165) is 19.3 Å². The van der Waals surface area contributed by atoms with Crippen molar-refractivity contribution < 1.29 is 5.11 Å². The van der Waals surface area contributed by atoms with Crippen LogP contribution >= 0.6 is 12.4 Å². The van der Waals surface area contributed by atoms with Crippen LogP contribution in [0.1, 0.15) is 19.3 Å². The summed E-state index contributed by atoms with van der Waals surface area (Å²) < 4.78 is 0. The lowest BCUT2D eigenvalue weighted by Gasteiger charge is -2.04. The van der Waals surface area contributed by atoms with Gasteiger partial charge in [0.1, 0.15) is 0 Å². The van der Waals surface area contributed by atoms with Crippen molar-refractivity contribution in [3.05, 3.63) is 0 Å². The van der Waals surface area contributed by atoms with Crippen LogP contribution in [0.4, 0.5) is 0 Å². The molecule has 3 N–H and O–H groups in total. The van der Waals surface area contributed by atoms with E-state index in [1.807, 2.05) is 0 Å². The van der Waals surface area contributed by atoms with Gasteiger partial charge < -0.3 is 10.8 Å². The van der Waals surface area contributed by atoms with Crippen LogP contribution in [0.25, 0.3) is 0 Å². The van der Waals surface area contributed by atoms with Gasteiger partial charge in [-0.1, -0.05) is 0 Å². The molecule has 0 radical (unpaired) electrons. The third kappa shape index (κ3) is 1.62. The largest absolute Gasteiger partial charge is 0.392 e. The highest BCUT2D eigenvalue weighted by Gasteiger charge is 2.20. The molecule has 0 aromatic heterocycles. The third-order valence-electron chi connectivity index (χ3n) is 1.53. The molecule has 0 amide bonds. The maximum Gasteiger partial charge on any atom is 0.0691 e. The molecular weight excluding hydrogens is 126 g/mol. The van der Waals surface area contributed by atoms with Crippen molar-refractivity contribution in [3.8, 4) is 0 Å². The van der Waals surface area contributed by atoms with Crippen LogP contribution < -0.4 is 5.73 Å². The highest BCUT2D eigenvalue weighted by Crippen LogP contribution is 2.15. The third-order valence-corrected chi connectivity index (χ3v) is 1.53. The normalized spacial score (nSPS) is 36.8. The second-order valence-electron chi connectivity index (χ2n) is 2.16. The Bertz CT molecular complexity index is 61.4. The first-order chi connectivity index (χ1) is 3.30. The second-order valence-corrected chi connectivity index (χ2v) is 2.16. The summed E-state index contributed by atoms with van der Waals surface area (Å²) in [6.07, 6.45) is 2.80. The zero-order valence-corrected chi connectivity index (χ0v) is 5.53. The molecule has 0 saturated heterocycles. The molecule has 1 aliphatic rings. The minimum atomic E-state index is -0.208. The summed E-state index contributed by atoms with van der Waals surface area (Å²) in [4.78, 5) is 0. The van der Waals surface area contributed by atoms with Crippen molar-refractivity contribution in [2.75, 3.05) is 0 Å². The van der Waals surface area contributed by atoms with Crippen LogP contribution in [0.2, 0.25) is 0 Å². The van der Waals surface area contributed by atoms with E-state index < -0.39 is 0 Å². The minimum absolute atomic E-state index is 0. The highest BCUT2D eigenvalue weighted by atomic mass is 35.5. The summed E-state index contributed by atoms with van der Waals surface area (Å²) in [5.41, 5.74) is 5.43. The van der Waals surface area contributed by atoms with E-state index in [2.05, 4.69) is 0 Å². The van der Waals surface area contributed by atoms with Gasteiger partial charge >= 0.3 is 0 Å². The monoisotopic (exact) mass is 137 g/mol. The summed E-state index contributed by atoms with van der Waals surface area (Å²) >= 11 is 0. The first kappa shape index (κ1) is 8.21. The lowest BCUT2D eigenvalue weighted by Crippen LogP contribution is -2.28. The molecule has 1 fully saturated rings. The summed E-state index contributed by atoms with van der Waals surface area (Å²) in [5, 5.41) is 8.87. The predicted octanol–water partition coefficient (Wildman–Crippen LogP) is 0.280. The fourth-order valence-corrected chi connectivity index (χ4v) is 0.969. The first-order valence-electron chi connectivity index (χ1n) is 2.74. The van der Waals surface area contributed by atoms with Crippen LogP contribution in [0.5, 0.6) is 0 Å². The molecule has 8 heavy (non-hydrogen) atoms. The molecule has 2 nitrogen and oxygen atoms in total. The molecule has 0 unspecified atom stereocenters. The van der Waals surface area contributed by atoms with E-state index in [0.29, 0.717) is 0 Å². The van der Waals surface area contributed by atoms with Crippen molar-refractivity contribution in [1.29, 1.82) is 0 Å². The van der Waals surface area contributed by atoms with Crippen molar-refractivity contribution in [1.82, 2.24) is 0 Å². The molecule has 0 aromatic rings. The lowest BCUT2D eigenvalue weighted by atomic mass is 10.2. The Morgan fingerprint density at radius 3 is 2.12 bits per heavy atom. The maximum absolute atomic E-state index is 8.87. The van der Waals surface area contributed by atoms with Gasteiger partial charge in [-0.25, -0.2) is 0 Å². The van der Waals surface area contributed by atoms with E-state index in [1.165, 1.54) is 0 Å². The first-order valence-corrected chi connectivity index (χ1v) is 2.74. The Kier molecular flexibility index (Phi) is 3.36. The van der Waals surface area contributed by atoms with Gasteiger partial charge in [0.2, 0.25) is 0 Å². The standard InChI is InChI=1S/C5H11NO.ClH/c6-4-2-1-3-5(4)7;/h4-5,7H,1-3,6H2;1H/t4-,5+;/m0./s1. The van der Waals surface area contributed by atoms with Crippen LogP contribution in [-0.2, 0) is 0 Å². The lowest BCUT2D eigenvalue weighted by molar-refractivity contribution is 0.165. The maximum atomic E-state index is 8.87. The Hall–Kier alpha value is 0.210. The average molecular weight is 138 g/mol. The molecule has 2 atom stereocenters. The quantitative estimate of drug-likeness (QED) is 0.504. The minimum Gasteiger partial charge on any atom is -0.392 e. The van der Waals surface area contributed by atoms with Gasteiger partial charge in [-0.3, -0.25) is 0 Å². The van der Waals surface area contributed by atoms with Crippen LogP contribution in [0, 0.1) is 0 Å².